The monoisotopic (exact) mass is 416 g/mol. The molecule has 150 valence electrons. The molecule has 0 bridgehead atoms. The standard InChI is InChI=1S/C21H18F2N2O3S/c22-16-8-10-19(18(23)13-16)24-21(26)20-6-3-11-25(20)29(27,28)17-9-7-14-4-1-2-5-15(14)12-17/h1-2,4-5,7-10,12-13,20H,3,6,11H2,(H,24,26)/t20-/m0/s1. The molecule has 0 aliphatic carbocycles. The van der Waals surface area contributed by atoms with Crippen molar-refractivity contribution >= 4 is 32.4 Å². The van der Waals surface area contributed by atoms with Gasteiger partial charge in [0.2, 0.25) is 15.9 Å². The van der Waals surface area contributed by atoms with Gasteiger partial charge in [0.05, 0.1) is 10.6 Å². The van der Waals surface area contributed by atoms with Crippen molar-refractivity contribution in [1.29, 1.82) is 0 Å². The number of fused-ring (bicyclic) bond motifs is 1. The maximum atomic E-state index is 13.9. The number of hydrogen-bond acceptors (Lipinski definition) is 3. The van der Waals surface area contributed by atoms with Crippen molar-refractivity contribution in [2.75, 3.05) is 11.9 Å². The van der Waals surface area contributed by atoms with E-state index >= 15 is 0 Å². The second kappa shape index (κ2) is 7.53. The van der Waals surface area contributed by atoms with Crippen molar-refractivity contribution in [3.8, 4) is 0 Å². The molecule has 4 rings (SSSR count). The average Bonchev–Trinajstić information content (AvgIpc) is 3.20. The Morgan fingerprint density at radius 3 is 2.52 bits per heavy atom. The second-order valence-electron chi connectivity index (χ2n) is 6.90. The zero-order valence-corrected chi connectivity index (χ0v) is 16.1. The van der Waals surface area contributed by atoms with E-state index < -0.39 is 33.6 Å². The highest BCUT2D eigenvalue weighted by Crippen LogP contribution is 2.29. The SMILES string of the molecule is O=C(Nc1ccc(F)cc1F)[C@@H]1CCCN1S(=O)(=O)c1ccc2ccccc2c1. The number of sulfonamides is 1. The van der Waals surface area contributed by atoms with E-state index in [0.717, 1.165) is 27.2 Å². The van der Waals surface area contributed by atoms with Crippen LogP contribution in [0.4, 0.5) is 14.5 Å². The van der Waals surface area contributed by atoms with E-state index in [1.807, 2.05) is 24.3 Å². The molecule has 1 atom stereocenters. The Bertz CT molecular complexity index is 1200. The lowest BCUT2D eigenvalue weighted by molar-refractivity contribution is -0.119. The Morgan fingerprint density at radius 2 is 1.76 bits per heavy atom. The minimum Gasteiger partial charge on any atom is -0.322 e. The number of carbonyl (C=O) groups excluding carboxylic acids is 1. The molecular formula is C21H18F2N2O3S. The third-order valence-electron chi connectivity index (χ3n) is 5.02. The van der Waals surface area contributed by atoms with Gasteiger partial charge < -0.3 is 5.32 Å². The zero-order chi connectivity index (χ0) is 20.6. The molecule has 1 aliphatic rings. The molecule has 3 aromatic carbocycles. The summed E-state index contributed by atoms with van der Waals surface area (Å²) in [7, 11) is -3.91. The van der Waals surface area contributed by atoms with Crippen molar-refractivity contribution in [3.63, 3.8) is 0 Å². The molecule has 0 radical (unpaired) electrons. The lowest BCUT2D eigenvalue weighted by Crippen LogP contribution is -2.43. The summed E-state index contributed by atoms with van der Waals surface area (Å²) in [5.41, 5.74) is -0.189. The minimum atomic E-state index is -3.91. The fourth-order valence-corrected chi connectivity index (χ4v) is 5.25. The van der Waals surface area contributed by atoms with Crippen LogP contribution in [0.2, 0.25) is 0 Å². The first-order valence-electron chi connectivity index (χ1n) is 9.13. The summed E-state index contributed by atoms with van der Waals surface area (Å²) in [5.74, 6) is -2.32. The third kappa shape index (κ3) is 3.73. The summed E-state index contributed by atoms with van der Waals surface area (Å²) < 4.78 is 54.4. The van der Waals surface area contributed by atoms with Crippen LogP contribution in [0, 0.1) is 11.6 Å². The first-order chi connectivity index (χ1) is 13.9. The van der Waals surface area contributed by atoms with Gasteiger partial charge in [0.1, 0.15) is 17.7 Å². The van der Waals surface area contributed by atoms with Gasteiger partial charge in [0.25, 0.3) is 0 Å². The van der Waals surface area contributed by atoms with Crippen molar-refractivity contribution < 1.29 is 22.0 Å². The van der Waals surface area contributed by atoms with Crippen LogP contribution in [0.1, 0.15) is 12.8 Å². The van der Waals surface area contributed by atoms with Gasteiger partial charge in [-0.05, 0) is 47.9 Å². The molecule has 1 aliphatic heterocycles. The van der Waals surface area contributed by atoms with Crippen LogP contribution in [0.3, 0.4) is 0 Å². The Balaban J connectivity index is 1.61. The maximum Gasteiger partial charge on any atom is 0.243 e. The molecule has 0 unspecified atom stereocenters. The summed E-state index contributed by atoms with van der Waals surface area (Å²) in [6, 6.07) is 14.0. The highest BCUT2D eigenvalue weighted by molar-refractivity contribution is 7.89. The number of amides is 1. The molecule has 0 spiro atoms. The van der Waals surface area contributed by atoms with Crippen LogP contribution in [-0.2, 0) is 14.8 Å². The smallest absolute Gasteiger partial charge is 0.243 e. The number of rotatable bonds is 4. The molecular weight excluding hydrogens is 398 g/mol. The normalized spacial score (nSPS) is 17.5. The molecule has 3 aromatic rings. The Hall–Kier alpha value is -2.84. The predicted molar refractivity (Wildman–Crippen MR) is 106 cm³/mol. The summed E-state index contributed by atoms with van der Waals surface area (Å²) in [5, 5.41) is 4.07. The van der Waals surface area contributed by atoms with Crippen LogP contribution in [0.15, 0.2) is 65.6 Å². The molecule has 5 nitrogen and oxygen atoms in total. The third-order valence-corrected chi connectivity index (χ3v) is 6.93. The number of nitrogens with zero attached hydrogens (tertiary/aromatic N) is 1. The van der Waals surface area contributed by atoms with Crippen molar-refractivity contribution in [2.24, 2.45) is 0 Å². The molecule has 1 saturated heterocycles. The lowest BCUT2D eigenvalue weighted by atomic mass is 10.1. The van der Waals surface area contributed by atoms with E-state index in [9.17, 15) is 22.0 Å². The van der Waals surface area contributed by atoms with Crippen LogP contribution in [0.5, 0.6) is 0 Å². The van der Waals surface area contributed by atoms with Gasteiger partial charge in [0, 0.05) is 12.6 Å². The summed E-state index contributed by atoms with van der Waals surface area (Å²) in [4.78, 5) is 12.8. The number of carbonyl (C=O) groups is 1. The number of nitrogens with one attached hydrogen (secondary N) is 1. The molecule has 29 heavy (non-hydrogen) atoms. The first-order valence-corrected chi connectivity index (χ1v) is 10.6. The maximum absolute atomic E-state index is 13.9. The molecule has 1 amide bonds. The second-order valence-corrected chi connectivity index (χ2v) is 8.79. The summed E-state index contributed by atoms with van der Waals surface area (Å²) >= 11 is 0. The van der Waals surface area contributed by atoms with Crippen LogP contribution in [-0.4, -0.2) is 31.2 Å². The fourth-order valence-electron chi connectivity index (χ4n) is 3.56. The van der Waals surface area contributed by atoms with Crippen LogP contribution < -0.4 is 5.32 Å². The molecule has 1 heterocycles. The van der Waals surface area contributed by atoms with Gasteiger partial charge in [-0.2, -0.15) is 4.31 Å². The topological polar surface area (TPSA) is 66.5 Å². The van der Waals surface area contributed by atoms with Gasteiger partial charge >= 0.3 is 0 Å². The van der Waals surface area contributed by atoms with Crippen molar-refractivity contribution in [3.05, 3.63) is 72.3 Å². The quantitative estimate of drug-likeness (QED) is 0.701. The summed E-state index contributed by atoms with van der Waals surface area (Å²) in [6.07, 6.45) is 0.832. The Labute approximate surface area is 167 Å². The highest BCUT2D eigenvalue weighted by atomic mass is 32.2. The van der Waals surface area contributed by atoms with Crippen LogP contribution in [0.25, 0.3) is 10.8 Å². The predicted octanol–water partition coefficient (Wildman–Crippen LogP) is 3.91. The molecule has 0 aromatic heterocycles. The average molecular weight is 416 g/mol. The van der Waals surface area contributed by atoms with Gasteiger partial charge in [-0.25, -0.2) is 17.2 Å². The molecule has 0 saturated carbocycles. The van der Waals surface area contributed by atoms with Gasteiger partial charge in [-0.1, -0.05) is 30.3 Å². The molecule has 1 fully saturated rings. The highest BCUT2D eigenvalue weighted by Gasteiger charge is 2.39. The van der Waals surface area contributed by atoms with Crippen LogP contribution >= 0.6 is 0 Å². The van der Waals surface area contributed by atoms with E-state index in [1.54, 1.807) is 12.1 Å². The molecule has 1 N–H and O–H groups in total. The Morgan fingerprint density at radius 1 is 1.00 bits per heavy atom. The largest absolute Gasteiger partial charge is 0.322 e. The van der Waals surface area contributed by atoms with Gasteiger partial charge in [-0.15, -0.1) is 0 Å². The van der Waals surface area contributed by atoms with E-state index in [4.69, 9.17) is 0 Å². The fraction of sp³-hybridized carbons (Fsp3) is 0.190. The number of hydrogen-bond donors (Lipinski definition) is 1. The summed E-state index contributed by atoms with van der Waals surface area (Å²) in [6.45, 7) is 0.194. The lowest BCUT2D eigenvalue weighted by Gasteiger charge is -2.23. The van der Waals surface area contributed by atoms with Gasteiger partial charge in [0.15, 0.2) is 0 Å². The number of anilines is 1. The zero-order valence-electron chi connectivity index (χ0n) is 15.3. The number of benzene rings is 3. The van der Waals surface area contributed by atoms with E-state index in [0.29, 0.717) is 18.9 Å². The van der Waals surface area contributed by atoms with Crippen molar-refractivity contribution in [2.45, 2.75) is 23.8 Å². The first kappa shape index (κ1) is 19.5. The van der Waals surface area contributed by atoms with Crippen molar-refractivity contribution in [1.82, 2.24) is 4.31 Å². The molecule has 8 heteroatoms. The van der Waals surface area contributed by atoms with Gasteiger partial charge in [-0.3, -0.25) is 4.79 Å². The number of halogens is 2. The van der Waals surface area contributed by atoms with E-state index in [1.165, 1.54) is 6.07 Å². The Kier molecular flexibility index (Phi) is 5.06. The van der Waals surface area contributed by atoms with E-state index in [2.05, 4.69) is 5.32 Å². The minimum absolute atomic E-state index is 0.101. The van der Waals surface area contributed by atoms with E-state index in [-0.39, 0.29) is 17.1 Å².